The van der Waals surface area contributed by atoms with Gasteiger partial charge >= 0.3 is 0 Å². The number of likely N-dealkylation sites (tertiary alicyclic amines) is 1. The first-order valence-corrected chi connectivity index (χ1v) is 29.7. The van der Waals surface area contributed by atoms with Gasteiger partial charge in [-0.1, -0.05) is 78.4 Å². The van der Waals surface area contributed by atoms with Crippen LogP contribution in [0.5, 0.6) is 5.75 Å². The van der Waals surface area contributed by atoms with Crippen molar-refractivity contribution in [3.63, 3.8) is 0 Å². The highest BCUT2D eigenvalue weighted by atomic mass is 19.1. The molecule has 6 aromatic carbocycles. The zero-order valence-electron chi connectivity index (χ0n) is 48.4. The van der Waals surface area contributed by atoms with E-state index < -0.39 is 0 Å². The summed E-state index contributed by atoms with van der Waals surface area (Å²) < 4.78 is 32.5. The van der Waals surface area contributed by atoms with Gasteiger partial charge in [-0.05, 0) is 154 Å². The summed E-state index contributed by atoms with van der Waals surface area (Å²) in [4.78, 5) is 16.5. The molecule has 14 rings (SSSR count). The van der Waals surface area contributed by atoms with Crippen LogP contribution in [0, 0.1) is 17.6 Å². The molecule has 19 heteroatoms. The van der Waals surface area contributed by atoms with Crippen molar-refractivity contribution in [1.29, 1.82) is 0 Å². The molecular formula is C66H70F2N16O. The number of halogens is 2. The summed E-state index contributed by atoms with van der Waals surface area (Å²) >= 11 is 0. The minimum atomic E-state index is -0.259. The molecule has 0 unspecified atom stereocenters. The largest absolute Gasteiger partial charge is 0.492 e. The van der Waals surface area contributed by atoms with E-state index in [-0.39, 0.29) is 17.0 Å². The Bertz CT molecular complexity index is 4150. The van der Waals surface area contributed by atoms with Crippen LogP contribution in [0.25, 0.3) is 101 Å². The monoisotopic (exact) mass is 1140 g/mol. The SMILES string of the molecule is CC(C)(C)c1nc(-c2ccc3[nH]nc(-c4cccc(OCCN5CCCCC5)c4)c3c2)n[nH]1.CCCCCc1nc(-c2ccc3[nH]nc(-c4ccc(F)cc4)c3c2)n[nH]1.Fc1ccc(-c2n[nH]c3ccc(-c4n[nH]c(CC5CCC5)n4)cc23)cc1. The van der Waals surface area contributed by atoms with Crippen LogP contribution in [0.3, 0.4) is 0 Å². The first-order valence-electron chi connectivity index (χ1n) is 29.7. The minimum Gasteiger partial charge on any atom is -0.492 e. The lowest BCUT2D eigenvalue weighted by atomic mass is 9.83. The molecule has 17 nitrogen and oxygen atoms in total. The van der Waals surface area contributed by atoms with Gasteiger partial charge < -0.3 is 4.74 Å². The van der Waals surface area contributed by atoms with Gasteiger partial charge in [0.15, 0.2) is 17.5 Å². The van der Waals surface area contributed by atoms with Crippen LogP contribution in [0.4, 0.5) is 8.78 Å². The summed E-state index contributed by atoms with van der Waals surface area (Å²) in [5, 5.41) is 47.9. The lowest BCUT2D eigenvalue weighted by molar-refractivity contribution is 0.183. The zero-order valence-corrected chi connectivity index (χ0v) is 48.4. The molecule has 0 spiro atoms. The Hall–Kier alpha value is -9.23. The number of hydrogen-bond acceptors (Lipinski definition) is 11. The van der Waals surface area contributed by atoms with Crippen molar-refractivity contribution < 1.29 is 13.5 Å². The summed E-state index contributed by atoms with van der Waals surface area (Å²) in [6, 6.07) is 39.1. The molecule has 1 aliphatic carbocycles. The number of nitrogens with one attached hydrogen (secondary N) is 6. The average molecular weight is 1140 g/mol. The second-order valence-corrected chi connectivity index (χ2v) is 23.2. The Morgan fingerprint density at radius 2 is 1.01 bits per heavy atom. The van der Waals surface area contributed by atoms with Gasteiger partial charge in [-0.2, -0.15) is 30.6 Å². The third-order valence-electron chi connectivity index (χ3n) is 15.9. The predicted octanol–water partition coefficient (Wildman–Crippen LogP) is 14.6. The maximum Gasteiger partial charge on any atom is 0.181 e. The molecule has 0 bridgehead atoms. The fourth-order valence-electron chi connectivity index (χ4n) is 10.8. The number of benzene rings is 6. The standard InChI is InChI=1S/C26H32N6O.C20H18FN5.C20H20FN5/c1-26(2,3)25-27-24(30-31-25)19-10-11-22-21(17-19)23(29-28-22)18-8-7-9-20(16-18)33-15-14-32-12-5-4-6-13-32;21-15-7-4-13(5-8-15)19-16-11-14(6-9-17(16)23-25-19)20-22-18(24-26-20)10-12-2-1-3-12;1-2-3-4-5-18-22-20(26-24-18)14-8-11-17-16(12-14)19(25-23-17)13-6-9-15(21)10-7-13/h7-11,16-17H,4-6,12-15H2,1-3H3,(H,28,29)(H,27,30,31);4-9,11-12H,1-3,10H2,(H,23,25)(H,22,24,26);6-12H,2-5H2,1H3,(H,23,25)(H,22,24,26). The maximum atomic E-state index is 13.2. The van der Waals surface area contributed by atoms with E-state index in [1.54, 1.807) is 24.3 Å². The van der Waals surface area contributed by atoms with Gasteiger partial charge in [-0.25, -0.2) is 23.7 Å². The molecule has 12 aromatic rings. The van der Waals surface area contributed by atoms with Crippen molar-refractivity contribution in [2.24, 2.45) is 5.92 Å². The van der Waals surface area contributed by atoms with Crippen molar-refractivity contribution in [3.8, 4) is 73.7 Å². The number of rotatable bonds is 16. The second-order valence-electron chi connectivity index (χ2n) is 23.2. The molecule has 0 amide bonds. The summed E-state index contributed by atoms with van der Waals surface area (Å²) in [6.45, 7) is 12.6. The highest BCUT2D eigenvalue weighted by Crippen LogP contribution is 2.35. The number of H-pyrrole nitrogens is 6. The molecule has 85 heavy (non-hydrogen) atoms. The van der Waals surface area contributed by atoms with E-state index in [2.05, 4.69) is 122 Å². The number of aromatic amines is 6. The van der Waals surface area contributed by atoms with Crippen molar-refractivity contribution in [1.82, 2.24) is 81.0 Å². The van der Waals surface area contributed by atoms with Crippen LogP contribution in [0.2, 0.25) is 0 Å². The fraction of sp³-hybridized carbons (Fsp3) is 0.318. The van der Waals surface area contributed by atoms with Crippen LogP contribution in [-0.2, 0) is 18.3 Å². The molecular weight excluding hydrogens is 1070 g/mol. The molecule has 434 valence electrons. The minimum absolute atomic E-state index is 0.0788. The Labute approximate surface area is 491 Å². The van der Waals surface area contributed by atoms with Crippen LogP contribution in [0.15, 0.2) is 127 Å². The predicted molar refractivity (Wildman–Crippen MR) is 329 cm³/mol. The molecule has 1 aliphatic heterocycles. The molecule has 1 saturated carbocycles. The van der Waals surface area contributed by atoms with Gasteiger partial charge in [0.2, 0.25) is 0 Å². The van der Waals surface area contributed by atoms with Gasteiger partial charge in [-0.3, -0.25) is 35.5 Å². The van der Waals surface area contributed by atoms with Gasteiger partial charge in [-0.15, -0.1) is 0 Å². The van der Waals surface area contributed by atoms with Crippen molar-refractivity contribution in [3.05, 3.63) is 157 Å². The molecule has 0 atom stereocenters. The highest BCUT2D eigenvalue weighted by molar-refractivity contribution is 5.97. The van der Waals surface area contributed by atoms with Crippen LogP contribution < -0.4 is 4.74 Å². The smallest absolute Gasteiger partial charge is 0.181 e. The van der Waals surface area contributed by atoms with Crippen LogP contribution in [0.1, 0.15) is 103 Å². The number of ether oxygens (including phenoxy) is 1. The highest BCUT2D eigenvalue weighted by Gasteiger charge is 2.22. The quantitative estimate of drug-likeness (QED) is 0.0499. The third-order valence-corrected chi connectivity index (χ3v) is 15.9. The van der Waals surface area contributed by atoms with Crippen molar-refractivity contribution >= 4 is 32.7 Å². The van der Waals surface area contributed by atoms with E-state index in [0.29, 0.717) is 24.1 Å². The average Bonchev–Trinajstić information content (AvgIpc) is 2.90. The third kappa shape index (κ3) is 13.3. The number of piperidine rings is 1. The number of unbranched alkanes of at least 4 members (excludes halogenated alkanes) is 2. The van der Waals surface area contributed by atoms with Crippen molar-refractivity contribution in [2.75, 3.05) is 26.2 Å². The van der Waals surface area contributed by atoms with Crippen LogP contribution >= 0.6 is 0 Å². The normalized spacial score (nSPS) is 13.9. The summed E-state index contributed by atoms with van der Waals surface area (Å²) in [7, 11) is 0. The lowest BCUT2D eigenvalue weighted by Gasteiger charge is -2.26. The van der Waals surface area contributed by atoms with Gasteiger partial charge in [0, 0.05) is 74.3 Å². The van der Waals surface area contributed by atoms with E-state index >= 15 is 0 Å². The summed E-state index contributed by atoms with van der Waals surface area (Å²) in [6.07, 6.45) is 13.2. The Balaban J connectivity index is 0.000000126. The van der Waals surface area contributed by atoms with Gasteiger partial charge in [0.05, 0.1) is 27.9 Å². The number of nitrogens with zero attached hydrogens (tertiary/aromatic N) is 10. The zero-order chi connectivity index (χ0) is 58.3. The number of aryl methyl sites for hydroxylation is 1. The van der Waals surface area contributed by atoms with Gasteiger partial charge in [0.25, 0.3) is 0 Å². The first-order chi connectivity index (χ1) is 41.5. The molecule has 7 heterocycles. The maximum absolute atomic E-state index is 13.2. The van der Waals surface area contributed by atoms with E-state index in [1.807, 2.05) is 60.7 Å². The molecule has 0 radical (unpaired) electrons. The molecule has 6 N–H and O–H groups in total. The molecule has 2 aliphatic rings. The molecule has 2 fully saturated rings. The number of aromatic nitrogens is 15. The first kappa shape index (κ1) is 56.3. The Morgan fingerprint density at radius 1 is 0.506 bits per heavy atom. The number of hydrogen-bond donors (Lipinski definition) is 6. The van der Waals surface area contributed by atoms with E-state index in [4.69, 9.17) is 9.72 Å². The van der Waals surface area contributed by atoms with E-state index in [0.717, 1.165) is 138 Å². The fourth-order valence-corrected chi connectivity index (χ4v) is 10.8. The summed E-state index contributed by atoms with van der Waals surface area (Å²) in [5.74, 6) is 5.94. The Morgan fingerprint density at radius 3 is 1.53 bits per heavy atom. The molecule has 1 saturated heterocycles. The van der Waals surface area contributed by atoms with Crippen LogP contribution in [-0.4, -0.2) is 107 Å². The number of fused-ring (bicyclic) bond motifs is 3. The lowest BCUT2D eigenvalue weighted by Crippen LogP contribution is -2.33. The van der Waals surface area contributed by atoms with Crippen molar-refractivity contribution in [2.45, 2.75) is 104 Å². The topological polar surface area (TPSA) is 223 Å². The van der Waals surface area contributed by atoms with E-state index in [9.17, 15) is 8.78 Å². The summed E-state index contributed by atoms with van der Waals surface area (Å²) in [5.41, 5.74) is 10.9. The van der Waals surface area contributed by atoms with E-state index in [1.165, 1.54) is 88.7 Å². The molecule has 6 aromatic heterocycles. The second kappa shape index (κ2) is 25.3. The Kier molecular flexibility index (Phi) is 16.8. The van der Waals surface area contributed by atoms with Gasteiger partial charge in [0.1, 0.15) is 47.2 Å².